The molecule has 0 spiro atoms. The van der Waals surface area contributed by atoms with Gasteiger partial charge >= 0.3 is 0 Å². The average Bonchev–Trinajstić information content (AvgIpc) is 2.53. The zero-order chi connectivity index (χ0) is 19.6. The van der Waals surface area contributed by atoms with Gasteiger partial charge in [0.1, 0.15) is 23.4 Å². The molecule has 5 nitrogen and oxygen atoms in total. The molecule has 8 heteroatoms. The van der Waals surface area contributed by atoms with Crippen molar-refractivity contribution < 1.29 is 22.0 Å². The molecule has 0 radical (unpaired) electrons. The highest BCUT2D eigenvalue weighted by Crippen LogP contribution is 2.27. The minimum absolute atomic E-state index is 0.337. The zero-order valence-electron chi connectivity index (χ0n) is 14.9. The predicted octanol–water partition coefficient (Wildman–Crippen LogP) is 3.37. The minimum Gasteiger partial charge on any atom is -0.319 e. The number of sulfonamides is 1. The van der Waals surface area contributed by atoms with Crippen molar-refractivity contribution in [2.75, 3.05) is 15.9 Å². The Morgan fingerprint density at radius 3 is 2.23 bits per heavy atom. The van der Waals surface area contributed by atoms with Crippen LogP contribution in [0, 0.1) is 25.5 Å². The summed E-state index contributed by atoms with van der Waals surface area (Å²) in [5.41, 5.74) is 1.19. The highest BCUT2D eigenvalue weighted by atomic mass is 32.2. The number of halogens is 2. The lowest BCUT2D eigenvalue weighted by Crippen LogP contribution is -2.45. The number of rotatable bonds is 5. The summed E-state index contributed by atoms with van der Waals surface area (Å²) >= 11 is 0. The SMILES string of the molecule is Cc1ccc(C)c(N([C@H](C)C(=O)Nc2c(F)cccc2F)S(C)(=O)=O)c1. The van der Waals surface area contributed by atoms with Gasteiger partial charge in [-0.2, -0.15) is 0 Å². The third-order valence-corrected chi connectivity index (χ3v) is 5.13. The fourth-order valence-corrected chi connectivity index (χ4v) is 3.81. The van der Waals surface area contributed by atoms with Crippen molar-refractivity contribution in [1.82, 2.24) is 0 Å². The summed E-state index contributed by atoms with van der Waals surface area (Å²) in [7, 11) is -3.83. The number of benzene rings is 2. The number of para-hydroxylation sites is 1. The summed E-state index contributed by atoms with van der Waals surface area (Å²) in [6, 6.07) is 7.16. The van der Waals surface area contributed by atoms with Crippen LogP contribution < -0.4 is 9.62 Å². The maximum Gasteiger partial charge on any atom is 0.248 e. The van der Waals surface area contributed by atoms with Crippen molar-refractivity contribution in [3.8, 4) is 0 Å². The Morgan fingerprint density at radius 1 is 1.12 bits per heavy atom. The molecule has 140 valence electrons. The molecular formula is C18H20F2N2O3S. The number of carbonyl (C=O) groups is 1. The quantitative estimate of drug-likeness (QED) is 0.862. The van der Waals surface area contributed by atoms with Crippen molar-refractivity contribution in [1.29, 1.82) is 0 Å². The van der Waals surface area contributed by atoms with Crippen LogP contribution in [0.4, 0.5) is 20.2 Å². The summed E-state index contributed by atoms with van der Waals surface area (Å²) in [6.45, 7) is 4.87. The smallest absolute Gasteiger partial charge is 0.248 e. The van der Waals surface area contributed by atoms with Gasteiger partial charge in [-0.15, -0.1) is 0 Å². The molecule has 0 aliphatic rings. The first-order valence-corrected chi connectivity index (χ1v) is 9.68. The van der Waals surface area contributed by atoms with E-state index >= 15 is 0 Å². The molecule has 26 heavy (non-hydrogen) atoms. The Bertz CT molecular complexity index is 925. The third-order valence-electron chi connectivity index (χ3n) is 3.90. The van der Waals surface area contributed by atoms with Gasteiger partial charge in [0.25, 0.3) is 0 Å². The number of anilines is 2. The van der Waals surface area contributed by atoms with Crippen molar-refractivity contribution in [3.63, 3.8) is 0 Å². The fourth-order valence-electron chi connectivity index (χ4n) is 2.58. The van der Waals surface area contributed by atoms with Crippen molar-refractivity contribution in [2.45, 2.75) is 26.8 Å². The van der Waals surface area contributed by atoms with Crippen LogP contribution in [0.25, 0.3) is 0 Å². The number of nitrogens with zero attached hydrogens (tertiary/aromatic N) is 1. The number of aryl methyl sites for hydroxylation is 2. The minimum atomic E-state index is -3.83. The Morgan fingerprint density at radius 2 is 1.69 bits per heavy atom. The third kappa shape index (κ3) is 4.19. The number of hydrogen-bond acceptors (Lipinski definition) is 3. The van der Waals surface area contributed by atoms with Gasteiger partial charge in [-0.3, -0.25) is 9.10 Å². The predicted molar refractivity (Wildman–Crippen MR) is 97.7 cm³/mol. The van der Waals surface area contributed by atoms with Gasteiger partial charge < -0.3 is 5.32 Å². The summed E-state index contributed by atoms with van der Waals surface area (Å²) in [4.78, 5) is 12.5. The zero-order valence-corrected chi connectivity index (χ0v) is 15.7. The molecule has 1 N–H and O–H groups in total. The molecule has 0 bridgehead atoms. The molecule has 0 fully saturated rings. The maximum absolute atomic E-state index is 13.8. The van der Waals surface area contributed by atoms with Gasteiger partial charge in [0.15, 0.2) is 0 Å². The number of carbonyl (C=O) groups excluding carboxylic acids is 1. The standard InChI is InChI=1S/C18H20F2N2O3S/c1-11-8-9-12(2)16(10-11)22(26(4,24)25)13(3)18(23)21-17-14(19)6-5-7-15(17)20/h5-10,13H,1-4H3,(H,21,23)/t13-/m1/s1. The van der Waals surface area contributed by atoms with Gasteiger partial charge in [0, 0.05) is 0 Å². The van der Waals surface area contributed by atoms with E-state index in [2.05, 4.69) is 5.32 Å². The summed E-state index contributed by atoms with van der Waals surface area (Å²) in [5, 5.41) is 2.14. The van der Waals surface area contributed by atoms with Gasteiger partial charge in [0.2, 0.25) is 15.9 Å². The maximum atomic E-state index is 13.8. The largest absolute Gasteiger partial charge is 0.319 e. The van der Waals surface area contributed by atoms with Crippen LogP contribution in [0.15, 0.2) is 36.4 Å². The molecule has 0 aliphatic carbocycles. The van der Waals surface area contributed by atoms with Gasteiger partial charge in [0.05, 0.1) is 11.9 Å². The molecule has 1 atom stereocenters. The van der Waals surface area contributed by atoms with Crippen molar-refractivity contribution in [2.24, 2.45) is 0 Å². The van der Waals surface area contributed by atoms with Gasteiger partial charge in [-0.05, 0) is 50.1 Å². The molecule has 0 unspecified atom stereocenters. The Hall–Kier alpha value is -2.48. The van der Waals surface area contributed by atoms with Crippen LogP contribution in [0.1, 0.15) is 18.1 Å². The highest BCUT2D eigenvalue weighted by Gasteiger charge is 2.31. The number of hydrogen-bond donors (Lipinski definition) is 1. The van der Waals surface area contributed by atoms with Gasteiger partial charge in [-0.1, -0.05) is 18.2 Å². The van der Waals surface area contributed by atoms with Crippen LogP contribution in [-0.4, -0.2) is 26.6 Å². The molecule has 2 rings (SSSR count). The second-order valence-corrected chi connectivity index (χ2v) is 7.97. The molecule has 0 saturated heterocycles. The Kier molecular flexibility index (Phi) is 5.65. The topological polar surface area (TPSA) is 66.5 Å². The molecule has 2 aromatic carbocycles. The summed E-state index contributed by atoms with van der Waals surface area (Å²) in [6.07, 6.45) is 0.974. The first-order chi connectivity index (χ1) is 12.0. The van der Waals surface area contributed by atoms with Crippen LogP contribution in [-0.2, 0) is 14.8 Å². The molecule has 0 heterocycles. The van der Waals surface area contributed by atoms with E-state index in [1.165, 1.54) is 13.0 Å². The van der Waals surface area contributed by atoms with Gasteiger partial charge in [-0.25, -0.2) is 17.2 Å². The molecular weight excluding hydrogens is 362 g/mol. The van der Waals surface area contributed by atoms with E-state index in [-0.39, 0.29) is 0 Å². The van der Waals surface area contributed by atoms with Crippen LogP contribution in [0.2, 0.25) is 0 Å². The monoisotopic (exact) mass is 382 g/mol. The van der Waals surface area contributed by atoms with E-state index in [1.54, 1.807) is 26.0 Å². The molecule has 1 amide bonds. The summed E-state index contributed by atoms with van der Waals surface area (Å²) in [5.74, 6) is -2.73. The lowest BCUT2D eigenvalue weighted by molar-refractivity contribution is -0.116. The van der Waals surface area contributed by atoms with E-state index in [0.29, 0.717) is 11.3 Å². The second kappa shape index (κ2) is 7.41. The second-order valence-electron chi connectivity index (χ2n) is 6.11. The number of amides is 1. The molecule has 0 saturated carbocycles. The highest BCUT2D eigenvalue weighted by molar-refractivity contribution is 7.92. The molecule has 2 aromatic rings. The lowest BCUT2D eigenvalue weighted by atomic mass is 10.1. The molecule has 0 aromatic heterocycles. The van der Waals surface area contributed by atoms with Crippen LogP contribution >= 0.6 is 0 Å². The fraction of sp³-hybridized carbons (Fsp3) is 0.278. The van der Waals surface area contributed by atoms with E-state index in [1.807, 2.05) is 6.07 Å². The van der Waals surface area contributed by atoms with E-state index < -0.39 is 39.3 Å². The first kappa shape index (κ1) is 19.8. The average molecular weight is 382 g/mol. The van der Waals surface area contributed by atoms with E-state index in [9.17, 15) is 22.0 Å². The number of nitrogens with one attached hydrogen (secondary N) is 1. The van der Waals surface area contributed by atoms with Crippen LogP contribution in [0.3, 0.4) is 0 Å². The normalized spacial score (nSPS) is 12.5. The van der Waals surface area contributed by atoms with Crippen molar-refractivity contribution >= 4 is 27.3 Å². The first-order valence-electron chi connectivity index (χ1n) is 7.84. The molecule has 0 aliphatic heterocycles. The Labute approximate surface area is 151 Å². The van der Waals surface area contributed by atoms with Crippen LogP contribution in [0.5, 0.6) is 0 Å². The Balaban J connectivity index is 2.43. The lowest BCUT2D eigenvalue weighted by Gasteiger charge is -2.29. The summed E-state index contributed by atoms with van der Waals surface area (Å²) < 4.78 is 53.1. The van der Waals surface area contributed by atoms with E-state index in [0.717, 1.165) is 28.3 Å². The van der Waals surface area contributed by atoms with Crippen molar-refractivity contribution in [3.05, 3.63) is 59.2 Å². The van der Waals surface area contributed by atoms with E-state index in [4.69, 9.17) is 0 Å².